The fourth-order valence-corrected chi connectivity index (χ4v) is 13.0. The number of rotatable bonds is 7. The number of aromatic nitrogens is 5. The lowest BCUT2D eigenvalue weighted by Gasteiger charge is -2.12. The van der Waals surface area contributed by atoms with Crippen LogP contribution in [0, 0.1) is 0 Å². The Morgan fingerprint density at radius 3 is 1.58 bits per heavy atom. The van der Waals surface area contributed by atoms with Crippen molar-refractivity contribution >= 4 is 97.1 Å². The fraction of sp³-hybridized carbons (Fsp3) is 0. The molecule has 0 atom stereocenters. The zero-order valence-corrected chi connectivity index (χ0v) is 41.5. The van der Waals surface area contributed by atoms with Crippen molar-refractivity contribution in [2.45, 2.75) is 0 Å². The van der Waals surface area contributed by atoms with Crippen LogP contribution < -0.4 is 0 Å². The molecule has 11 aromatic carbocycles. The molecule has 0 spiro atoms. The highest BCUT2D eigenvalue weighted by Gasteiger charge is 2.21. The summed E-state index contributed by atoms with van der Waals surface area (Å²) in [7, 11) is 0. The summed E-state index contributed by atoms with van der Waals surface area (Å²) in [4.78, 5) is 16.2. The van der Waals surface area contributed by atoms with E-state index in [1.807, 2.05) is 23.5 Å². The van der Waals surface area contributed by atoms with E-state index in [2.05, 4.69) is 246 Å². The predicted octanol–water partition coefficient (Wildman–Crippen LogP) is 18.7. The summed E-state index contributed by atoms with van der Waals surface area (Å²) in [5, 5.41) is 9.39. The molecule has 354 valence electrons. The molecule has 0 N–H and O–H groups in total. The maximum Gasteiger partial charge on any atom is 0.164 e. The van der Waals surface area contributed by atoms with Crippen molar-refractivity contribution in [3.63, 3.8) is 0 Å². The highest BCUT2D eigenvalue weighted by atomic mass is 32.1. The van der Waals surface area contributed by atoms with Gasteiger partial charge in [-0.2, -0.15) is 0 Å². The number of para-hydroxylation sites is 5. The normalized spacial score (nSPS) is 11.9. The van der Waals surface area contributed by atoms with E-state index in [-0.39, 0.29) is 0 Å². The van der Waals surface area contributed by atoms with Gasteiger partial charge in [-0.15, -0.1) is 11.3 Å². The van der Waals surface area contributed by atoms with Gasteiger partial charge in [-0.1, -0.05) is 170 Å². The molecule has 0 bridgehead atoms. The van der Waals surface area contributed by atoms with Gasteiger partial charge in [-0.3, -0.25) is 0 Å². The predicted molar refractivity (Wildman–Crippen MR) is 316 cm³/mol. The smallest absolute Gasteiger partial charge is 0.164 e. The summed E-state index contributed by atoms with van der Waals surface area (Å²) >= 11 is 1.82. The molecular weight excluding hydrogens is 947 g/mol. The molecule has 16 rings (SSSR count). The lowest BCUT2D eigenvalue weighted by Crippen LogP contribution is -2.01. The molecule has 0 saturated carbocycles. The number of thiophene rings is 1. The van der Waals surface area contributed by atoms with Gasteiger partial charge in [0.15, 0.2) is 17.5 Å². The summed E-state index contributed by atoms with van der Waals surface area (Å²) < 4.78 is 13.5. The third-order valence-electron chi connectivity index (χ3n) is 15.2. The highest BCUT2D eigenvalue weighted by Crippen LogP contribution is 2.45. The number of fused-ring (bicyclic) bond motifs is 12. The third kappa shape index (κ3) is 6.62. The first-order chi connectivity index (χ1) is 37.7. The van der Waals surface area contributed by atoms with E-state index in [0.29, 0.717) is 17.5 Å². The fourth-order valence-electron chi connectivity index (χ4n) is 11.7. The molecule has 6 nitrogen and oxygen atoms in total. The van der Waals surface area contributed by atoms with E-state index in [1.165, 1.54) is 53.1 Å². The molecular formula is C69H41N5OS. The second-order valence-corrected chi connectivity index (χ2v) is 20.6. The Kier molecular flexibility index (Phi) is 9.40. The minimum Gasteiger partial charge on any atom is -0.456 e. The molecule has 0 unspecified atom stereocenters. The summed E-state index contributed by atoms with van der Waals surface area (Å²) in [5.41, 5.74) is 15.7. The first kappa shape index (κ1) is 42.5. The van der Waals surface area contributed by atoms with Crippen LogP contribution in [-0.2, 0) is 0 Å². The monoisotopic (exact) mass is 987 g/mol. The molecule has 5 aromatic heterocycles. The zero-order valence-electron chi connectivity index (χ0n) is 40.7. The van der Waals surface area contributed by atoms with Crippen molar-refractivity contribution in [2.75, 3.05) is 0 Å². The van der Waals surface area contributed by atoms with Crippen LogP contribution in [-0.4, -0.2) is 24.1 Å². The first-order valence-corrected chi connectivity index (χ1v) is 26.4. The zero-order chi connectivity index (χ0) is 49.8. The van der Waals surface area contributed by atoms with Gasteiger partial charge in [-0.05, 0) is 101 Å². The Balaban J connectivity index is 0.879. The van der Waals surface area contributed by atoms with Crippen molar-refractivity contribution < 1.29 is 4.42 Å². The van der Waals surface area contributed by atoms with Gasteiger partial charge in [0.2, 0.25) is 0 Å². The molecule has 0 aliphatic carbocycles. The summed E-state index contributed by atoms with van der Waals surface area (Å²) in [5.74, 6) is 1.80. The Bertz CT molecular complexity index is 4970. The molecule has 0 fully saturated rings. The van der Waals surface area contributed by atoms with Gasteiger partial charge in [0.1, 0.15) is 11.2 Å². The Morgan fingerprint density at radius 2 is 0.816 bits per heavy atom. The molecule has 0 aliphatic heterocycles. The average Bonchev–Trinajstić information content (AvgIpc) is 4.25. The molecule has 76 heavy (non-hydrogen) atoms. The van der Waals surface area contributed by atoms with E-state index in [0.717, 1.165) is 82.9 Å². The van der Waals surface area contributed by atoms with Crippen LogP contribution in [0.25, 0.3) is 154 Å². The van der Waals surface area contributed by atoms with Crippen molar-refractivity contribution in [2.24, 2.45) is 0 Å². The largest absolute Gasteiger partial charge is 0.456 e. The summed E-state index contributed by atoms with van der Waals surface area (Å²) in [6.07, 6.45) is 0. The molecule has 0 saturated heterocycles. The molecule has 0 amide bonds. The van der Waals surface area contributed by atoms with Crippen LogP contribution in [0.15, 0.2) is 253 Å². The summed E-state index contributed by atoms with van der Waals surface area (Å²) in [6.45, 7) is 0. The highest BCUT2D eigenvalue weighted by molar-refractivity contribution is 7.26. The molecule has 0 aliphatic rings. The Morgan fingerprint density at radius 1 is 0.303 bits per heavy atom. The maximum atomic E-state index is 6.35. The Hall–Kier alpha value is -9.95. The Labute approximate surface area is 439 Å². The molecule has 7 heteroatoms. The quantitative estimate of drug-likeness (QED) is 0.160. The lowest BCUT2D eigenvalue weighted by molar-refractivity contribution is 0.669. The van der Waals surface area contributed by atoms with Gasteiger partial charge in [0.05, 0.1) is 22.1 Å². The second-order valence-electron chi connectivity index (χ2n) is 19.5. The van der Waals surface area contributed by atoms with Crippen molar-refractivity contribution in [3.05, 3.63) is 249 Å². The molecule has 0 radical (unpaired) electrons. The third-order valence-corrected chi connectivity index (χ3v) is 16.4. The van der Waals surface area contributed by atoms with E-state index in [9.17, 15) is 0 Å². The number of nitrogens with zero attached hydrogens (tertiary/aromatic N) is 5. The van der Waals surface area contributed by atoms with Gasteiger partial charge in [-0.25, -0.2) is 15.0 Å². The van der Waals surface area contributed by atoms with Gasteiger partial charge in [0.25, 0.3) is 0 Å². The van der Waals surface area contributed by atoms with E-state index in [1.54, 1.807) is 0 Å². The van der Waals surface area contributed by atoms with E-state index >= 15 is 0 Å². The van der Waals surface area contributed by atoms with Gasteiger partial charge < -0.3 is 13.6 Å². The van der Waals surface area contributed by atoms with Crippen LogP contribution in [0.3, 0.4) is 0 Å². The van der Waals surface area contributed by atoms with Crippen LogP contribution >= 0.6 is 11.3 Å². The van der Waals surface area contributed by atoms with Gasteiger partial charge >= 0.3 is 0 Å². The van der Waals surface area contributed by atoms with Crippen LogP contribution in [0.2, 0.25) is 0 Å². The first-order valence-electron chi connectivity index (χ1n) is 25.6. The lowest BCUT2D eigenvalue weighted by atomic mass is 9.99. The number of furan rings is 1. The van der Waals surface area contributed by atoms with Crippen LogP contribution in [0.4, 0.5) is 0 Å². The number of hydrogen-bond acceptors (Lipinski definition) is 5. The van der Waals surface area contributed by atoms with E-state index in [4.69, 9.17) is 19.4 Å². The van der Waals surface area contributed by atoms with Crippen molar-refractivity contribution in [1.29, 1.82) is 0 Å². The average molecular weight is 988 g/mol. The molecule has 5 heterocycles. The standard InChI is InChI=1S/C69H41N5OS/c1-2-19-47(20-3-1)73-58-29-8-6-24-52(58)53-36-35-44(40-61(53)73)49-26-14-27-56-65-57(28-15-33-64(65)76-66(49)56)69-71-67(45-17-12-16-42(38-45)43-34-37-55-54-25-7-11-32-62(54)75-63(55)41-43)70-68(72-69)46-18-13-21-48(39-46)74-59-30-9-4-22-50(59)51-23-5-10-31-60(51)74/h1-41H. The van der Waals surface area contributed by atoms with E-state index < -0.39 is 0 Å². The topological polar surface area (TPSA) is 61.7 Å². The SMILES string of the molecule is c1ccc(-n2c3ccccc3c3ccc(-c4cccc5c4sc4cccc(-c6nc(-c7cccc(-c8ccc9c(c8)oc8ccccc89)c7)nc(-c7cccc(-n8c9ccccc9c9ccccc98)c7)n6)c45)cc32)cc1. The van der Waals surface area contributed by atoms with Gasteiger partial charge in [0, 0.05) is 80.6 Å². The number of benzene rings is 11. The second kappa shape index (κ2) is 16.8. The minimum absolute atomic E-state index is 0.591. The maximum absolute atomic E-state index is 6.35. The van der Waals surface area contributed by atoms with Crippen LogP contribution in [0.5, 0.6) is 0 Å². The number of hydrogen-bond donors (Lipinski definition) is 0. The van der Waals surface area contributed by atoms with Crippen molar-refractivity contribution in [1.82, 2.24) is 24.1 Å². The minimum atomic E-state index is 0.591. The van der Waals surface area contributed by atoms with Crippen LogP contribution in [0.1, 0.15) is 0 Å². The van der Waals surface area contributed by atoms with Crippen molar-refractivity contribution in [3.8, 4) is 67.8 Å². The molecule has 16 aromatic rings. The summed E-state index contributed by atoms with van der Waals surface area (Å²) in [6, 6.07) is 88.6.